The Morgan fingerprint density at radius 1 is 1.00 bits per heavy atom. The molecule has 0 unspecified atom stereocenters. The molecule has 2 aliphatic heterocycles. The number of amides is 1. The summed E-state index contributed by atoms with van der Waals surface area (Å²) in [6, 6.07) is 21.9. The average molecular weight is 741 g/mol. The third-order valence-corrected chi connectivity index (χ3v) is 10.8. The lowest BCUT2D eigenvalue weighted by Crippen LogP contribution is -2.55. The van der Waals surface area contributed by atoms with Crippen LogP contribution in [0.2, 0.25) is 0 Å². The number of aliphatic carboxylic acids is 1. The molecular weight excluding hydrogens is 691 g/mol. The number of carbonyl (C=O) groups excluding carboxylic acids is 2. The van der Waals surface area contributed by atoms with Gasteiger partial charge in [0, 0.05) is 18.7 Å². The van der Waals surface area contributed by atoms with Gasteiger partial charge in [-0.15, -0.1) is 0 Å². The Kier molecular flexibility index (Phi) is 12.7. The third-order valence-electron chi connectivity index (χ3n) is 10.8. The van der Waals surface area contributed by atoms with Gasteiger partial charge in [-0.1, -0.05) is 62.4 Å². The fraction of sp³-hybridized carbons (Fsp3) is 0.452. The lowest BCUT2D eigenvalue weighted by Gasteiger charge is -2.48. The minimum absolute atomic E-state index is 0.00370. The van der Waals surface area contributed by atoms with Crippen LogP contribution >= 0.6 is 0 Å². The number of benzene rings is 3. The van der Waals surface area contributed by atoms with E-state index in [9.17, 15) is 29.0 Å². The number of hydrogen-bond acceptors (Lipinski definition) is 8. The Balaban J connectivity index is 1.10. The van der Waals surface area contributed by atoms with E-state index < -0.39 is 23.6 Å². The lowest BCUT2D eigenvalue weighted by atomic mass is 9.78. The molecular formula is C42H49FN4O7. The number of carbonyl (C=O) groups is 3. The van der Waals surface area contributed by atoms with Crippen molar-refractivity contribution < 1.29 is 38.5 Å². The zero-order valence-electron chi connectivity index (χ0n) is 30.9. The molecule has 1 aromatic heterocycles. The number of aromatic nitrogens is 3. The summed E-state index contributed by atoms with van der Waals surface area (Å²) in [5.41, 5.74) is 4.05. The summed E-state index contributed by atoms with van der Waals surface area (Å²) in [6.07, 6.45) is 6.25. The maximum absolute atomic E-state index is 13.8. The van der Waals surface area contributed by atoms with Gasteiger partial charge in [-0.05, 0) is 91.0 Å². The number of anilines is 1. The average Bonchev–Trinajstić information content (AvgIpc) is 3.67. The number of aryl methyl sites for hydroxylation is 3. The van der Waals surface area contributed by atoms with Gasteiger partial charge in [0.25, 0.3) is 0 Å². The summed E-state index contributed by atoms with van der Waals surface area (Å²) in [5.74, 6) is -2.82. The molecule has 2 fully saturated rings. The summed E-state index contributed by atoms with van der Waals surface area (Å²) in [5, 5.41) is 24.5. The maximum Gasteiger partial charge on any atom is 0.307 e. The van der Waals surface area contributed by atoms with Crippen molar-refractivity contribution in [1.82, 2.24) is 14.8 Å². The van der Waals surface area contributed by atoms with E-state index in [1.165, 1.54) is 18.5 Å². The second kappa shape index (κ2) is 17.6. The molecule has 286 valence electrons. The molecule has 0 radical (unpaired) electrons. The second-order valence-electron chi connectivity index (χ2n) is 15.0. The zero-order valence-corrected chi connectivity index (χ0v) is 30.9. The number of aliphatic hydroxyl groups is 1. The number of β-lactam (4-membered cyclic amide) rings is 1. The number of rotatable bonds is 20. The molecule has 1 amide bonds. The molecule has 3 aromatic carbocycles. The predicted molar refractivity (Wildman–Crippen MR) is 199 cm³/mol. The fourth-order valence-corrected chi connectivity index (χ4v) is 7.33. The van der Waals surface area contributed by atoms with Crippen LogP contribution < -0.4 is 4.90 Å². The fourth-order valence-electron chi connectivity index (χ4n) is 7.33. The Hall–Kier alpha value is -4.78. The largest absolute Gasteiger partial charge is 0.481 e. The summed E-state index contributed by atoms with van der Waals surface area (Å²) >= 11 is 0. The highest BCUT2D eigenvalue weighted by molar-refractivity contribution is 6.03. The highest BCUT2D eigenvalue weighted by Crippen LogP contribution is 2.46. The molecule has 54 heavy (non-hydrogen) atoms. The van der Waals surface area contributed by atoms with Crippen LogP contribution in [0, 0.1) is 23.6 Å². The number of nitrogens with zero attached hydrogens (tertiary/aromatic N) is 4. The smallest absolute Gasteiger partial charge is 0.307 e. The lowest BCUT2D eigenvalue weighted by molar-refractivity contribution is -0.212. The van der Waals surface area contributed by atoms with Crippen LogP contribution in [0.15, 0.2) is 85.5 Å². The minimum atomic E-state index is -0.976. The molecule has 0 spiro atoms. The number of ketones is 1. The van der Waals surface area contributed by atoms with Crippen LogP contribution in [-0.4, -0.2) is 68.1 Å². The molecule has 3 heterocycles. The standard InChI is InChI=1S/C42H49FN4O7/c1-28(2)37(41(51)52)22-35(48)23-54-42(24-53-25-42)20-19-30-5-9-32(10-6-30)39-36(17-18-38(49)31-11-13-33(43)14-12-31)40(50)47(39)34-15-7-29(8-16-34)4-3-21-46-27-44-26-45-46/h5-16,26-28,36-39,49H,3-4,17-25H2,1-2H3,(H,51,52)/t36-,37-,38+,39-/m1/s1. The molecule has 2 aliphatic rings. The first-order valence-electron chi connectivity index (χ1n) is 18.7. The zero-order chi connectivity index (χ0) is 38.2. The molecule has 6 rings (SSSR count). The van der Waals surface area contributed by atoms with E-state index in [0.29, 0.717) is 44.5 Å². The first-order valence-corrected chi connectivity index (χ1v) is 18.7. The van der Waals surface area contributed by atoms with Gasteiger partial charge < -0.3 is 24.6 Å². The molecule has 2 saturated heterocycles. The Labute approximate surface area is 315 Å². The summed E-state index contributed by atoms with van der Waals surface area (Å²) < 4.78 is 26.8. The summed E-state index contributed by atoms with van der Waals surface area (Å²) in [6.45, 7) is 4.95. The van der Waals surface area contributed by atoms with E-state index in [0.717, 1.165) is 41.8 Å². The normalized spacial score (nSPS) is 18.9. The van der Waals surface area contributed by atoms with Crippen molar-refractivity contribution in [2.24, 2.45) is 17.8 Å². The van der Waals surface area contributed by atoms with E-state index in [1.54, 1.807) is 37.0 Å². The molecule has 2 N–H and O–H groups in total. The first kappa shape index (κ1) is 38.9. The topological polar surface area (TPSA) is 144 Å². The number of halogens is 1. The Morgan fingerprint density at radius 3 is 2.30 bits per heavy atom. The highest BCUT2D eigenvalue weighted by atomic mass is 19.1. The Bertz CT molecular complexity index is 1840. The quantitative estimate of drug-likeness (QED) is 0.0998. The van der Waals surface area contributed by atoms with E-state index >= 15 is 0 Å². The van der Waals surface area contributed by atoms with Crippen LogP contribution in [0.5, 0.6) is 0 Å². The summed E-state index contributed by atoms with van der Waals surface area (Å²) in [4.78, 5) is 43.8. The van der Waals surface area contributed by atoms with E-state index in [1.807, 2.05) is 29.2 Å². The van der Waals surface area contributed by atoms with Crippen molar-refractivity contribution in [3.63, 3.8) is 0 Å². The van der Waals surface area contributed by atoms with Crippen LogP contribution in [0.25, 0.3) is 0 Å². The Morgan fingerprint density at radius 2 is 1.69 bits per heavy atom. The van der Waals surface area contributed by atoms with Crippen LogP contribution in [0.1, 0.15) is 80.4 Å². The molecule has 0 aliphatic carbocycles. The van der Waals surface area contributed by atoms with Crippen LogP contribution in [0.4, 0.5) is 10.1 Å². The second-order valence-corrected chi connectivity index (χ2v) is 15.0. The molecule has 4 aromatic rings. The van der Waals surface area contributed by atoms with E-state index in [2.05, 4.69) is 34.3 Å². The van der Waals surface area contributed by atoms with Gasteiger partial charge in [-0.3, -0.25) is 19.1 Å². The predicted octanol–water partition coefficient (Wildman–Crippen LogP) is 6.30. The number of aliphatic hydroxyl groups excluding tert-OH is 1. The molecule has 4 atom stereocenters. The number of ether oxygens (including phenoxy) is 2. The summed E-state index contributed by atoms with van der Waals surface area (Å²) in [7, 11) is 0. The first-order chi connectivity index (χ1) is 26.0. The number of carboxylic acids is 1. The van der Waals surface area contributed by atoms with Gasteiger partial charge in [0.1, 0.15) is 30.7 Å². The molecule has 0 bridgehead atoms. The van der Waals surface area contributed by atoms with Crippen molar-refractivity contribution >= 4 is 23.3 Å². The third kappa shape index (κ3) is 9.47. The van der Waals surface area contributed by atoms with Gasteiger partial charge in [0.15, 0.2) is 5.78 Å². The van der Waals surface area contributed by atoms with Crippen LogP contribution in [-0.2, 0) is 43.2 Å². The van der Waals surface area contributed by atoms with Crippen molar-refractivity contribution in [1.29, 1.82) is 0 Å². The number of hydrogen-bond donors (Lipinski definition) is 2. The molecule has 0 saturated carbocycles. The van der Waals surface area contributed by atoms with Crippen molar-refractivity contribution in [3.05, 3.63) is 114 Å². The van der Waals surface area contributed by atoms with Crippen molar-refractivity contribution in [3.8, 4) is 0 Å². The van der Waals surface area contributed by atoms with Gasteiger partial charge in [-0.2, -0.15) is 5.10 Å². The minimum Gasteiger partial charge on any atom is -0.481 e. The SMILES string of the molecule is CC(C)[C@@H](CC(=O)COC1(CCc2ccc([C@@H]3[C@@H](CC[C@H](O)c4ccc(F)cc4)C(=O)N3c3ccc(CCCn4cncn4)cc3)cc2)COC1)C(=O)O. The van der Waals surface area contributed by atoms with Gasteiger partial charge in [0.2, 0.25) is 5.91 Å². The van der Waals surface area contributed by atoms with Crippen molar-refractivity contribution in [2.45, 2.75) is 83.1 Å². The highest BCUT2D eigenvalue weighted by Gasteiger charge is 2.48. The van der Waals surface area contributed by atoms with Gasteiger partial charge in [0.05, 0.1) is 37.2 Å². The van der Waals surface area contributed by atoms with E-state index in [4.69, 9.17) is 9.47 Å². The van der Waals surface area contributed by atoms with Gasteiger partial charge >= 0.3 is 5.97 Å². The monoisotopic (exact) mass is 740 g/mol. The van der Waals surface area contributed by atoms with Crippen LogP contribution in [0.3, 0.4) is 0 Å². The van der Waals surface area contributed by atoms with E-state index in [-0.39, 0.29) is 48.4 Å². The van der Waals surface area contributed by atoms with Gasteiger partial charge in [-0.25, -0.2) is 9.37 Å². The maximum atomic E-state index is 13.8. The molecule has 12 heteroatoms. The van der Waals surface area contributed by atoms with Crippen molar-refractivity contribution in [2.75, 3.05) is 24.7 Å². The number of carboxylic acid groups (broad SMARTS) is 1. The molecule has 11 nitrogen and oxygen atoms in total. The number of Topliss-reactive ketones (excluding diaryl/α,β-unsaturated/α-hetero) is 1.